The van der Waals surface area contributed by atoms with Gasteiger partial charge in [0.05, 0.1) is 53.8 Å². The number of aliphatic hydroxyl groups excluding tert-OH is 1. The third-order valence-electron chi connectivity index (χ3n) is 6.57. The smallest absolute Gasteiger partial charge is 0.338 e. The summed E-state index contributed by atoms with van der Waals surface area (Å²) in [5, 5.41) is 21.9. The molecule has 3 aromatic rings. The summed E-state index contributed by atoms with van der Waals surface area (Å²) in [7, 11) is 3.17. The lowest BCUT2D eigenvalue weighted by Gasteiger charge is -2.27. The van der Waals surface area contributed by atoms with Crippen LogP contribution in [0.5, 0.6) is 17.2 Å². The Labute approximate surface area is 214 Å². The molecule has 194 valence electrons. The summed E-state index contributed by atoms with van der Waals surface area (Å²) < 4.78 is 23.7. The van der Waals surface area contributed by atoms with Gasteiger partial charge in [-0.15, -0.1) is 11.3 Å². The number of methoxy groups -OCH3 is 2. The van der Waals surface area contributed by atoms with Crippen molar-refractivity contribution in [1.82, 2.24) is 4.98 Å². The van der Waals surface area contributed by atoms with Gasteiger partial charge in [0.2, 0.25) is 0 Å². The van der Waals surface area contributed by atoms with Crippen molar-refractivity contribution >= 4 is 27.5 Å². The SMILES string of the molecule is CCOc1cc(C(=O)O)c2nc(CC(OC3CCCC3)C(O)c3cc(OC)c(C)c(OC)c3)sc2c1. The zero-order valence-electron chi connectivity index (χ0n) is 21.1. The van der Waals surface area contributed by atoms with E-state index in [9.17, 15) is 15.0 Å². The van der Waals surface area contributed by atoms with Crippen LogP contribution >= 0.6 is 11.3 Å². The third kappa shape index (κ3) is 5.58. The van der Waals surface area contributed by atoms with Crippen LogP contribution in [0.1, 0.15) is 65.2 Å². The first kappa shape index (κ1) is 26.2. The molecule has 1 heterocycles. The van der Waals surface area contributed by atoms with Crippen LogP contribution in [0.15, 0.2) is 24.3 Å². The van der Waals surface area contributed by atoms with E-state index in [1.807, 2.05) is 32.0 Å². The highest BCUT2D eigenvalue weighted by Gasteiger charge is 2.30. The van der Waals surface area contributed by atoms with Crippen molar-refractivity contribution in [2.75, 3.05) is 20.8 Å². The Morgan fingerprint density at radius 1 is 1.14 bits per heavy atom. The van der Waals surface area contributed by atoms with E-state index in [0.29, 0.717) is 46.4 Å². The van der Waals surface area contributed by atoms with Crippen molar-refractivity contribution < 1.29 is 34.0 Å². The Morgan fingerprint density at radius 3 is 2.39 bits per heavy atom. The Kier molecular flexibility index (Phi) is 8.33. The van der Waals surface area contributed by atoms with Gasteiger partial charge in [0.15, 0.2) is 0 Å². The van der Waals surface area contributed by atoms with Crippen molar-refractivity contribution in [2.45, 2.75) is 64.3 Å². The Morgan fingerprint density at radius 2 is 1.81 bits per heavy atom. The van der Waals surface area contributed by atoms with Gasteiger partial charge in [0.1, 0.15) is 23.4 Å². The molecule has 9 heteroatoms. The van der Waals surface area contributed by atoms with Gasteiger partial charge in [-0.25, -0.2) is 9.78 Å². The summed E-state index contributed by atoms with van der Waals surface area (Å²) in [6, 6.07) is 6.93. The number of ether oxygens (including phenoxy) is 4. The minimum Gasteiger partial charge on any atom is -0.496 e. The Hall–Kier alpha value is -2.88. The maximum absolute atomic E-state index is 11.9. The minimum atomic E-state index is -1.06. The number of fused-ring (bicyclic) bond motifs is 1. The normalized spacial score (nSPS) is 15.7. The molecule has 2 N–H and O–H groups in total. The average molecular weight is 516 g/mol. The first-order valence-electron chi connectivity index (χ1n) is 12.2. The van der Waals surface area contributed by atoms with Gasteiger partial charge in [0, 0.05) is 12.0 Å². The first-order valence-corrected chi connectivity index (χ1v) is 13.0. The molecule has 2 aromatic carbocycles. The van der Waals surface area contributed by atoms with Crippen LogP contribution in [0.4, 0.5) is 0 Å². The number of aromatic nitrogens is 1. The molecular weight excluding hydrogens is 482 g/mol. The molecule has 1 saturated carbocycles. The molecule has 4 rings (SSSR count). The standard InChI is InChI=1S/C27H33NO7S/c1-5-34-18-12-19(27(30)31)25-23(13-18)36-24(28-25)14-22(35-17-8-6-7-9-17)26(29)16-10-20(32-3)15(2)21(11-16)33-4/h10-13,17,22,26,29H,5-9,14H2,1-4H3,(H,30,31). The van der Waals surface area contributed by atoms with Gasteiger partial charge in [-0.2, -0.15) is 0 Å². The van der Waals surface area contributed by atoms with Crippen LogP contribution in [0.25, 0.3) is 10.2 Å². The van der Waals surface area contributed by atoms with Crippen molar-refractivity contribution in [3.8, 4) is 17.2 Å². The van der Waals surface area contributed by atoms with Crippen LogP contribution < -0.4 is 14.2 Å². The maximum Gasteiger partial charge on any atom is 0.338 e. The van der Waals surface area contributed by atoms with Gasteiger partial charge in [-0.3, -0.25) is 0 Å². The van der Waals surface area contributed by atoms with E-state index in [1.54, 1.807) is 14.2 Å². The molecule has 0 saturated heterocycles. The lowest BCUT2D eigenvalue weighted by molar-refractivity contribution is -0.0753. The highest BCUT2D eigenvalue weighted by molar-refractivity contribution is 7.18. The monoisotopic (exact) mass is 515 g/mol. The number of thiazole rings is 1. The summed E-state index contributed by atoms with van der Waals surface area (Å²) in [4.78, 5) is 16.5. The summed E-state index contributed by atoms with van der Waals surface area (Å²) in [6.45, 7) is 4.19. The van der Waals surface area contributed by atoms with E-state index in [0.717, 1.165) is 35.9 Å². The second kappa shape index (κ2) is 11.5. The fraction of sp³-hybridized carbons (Fsp3) is 0.481. The number of rotatable bonds is 11. The number of benzene rings is 2. The lowest BCUT2D eigenvalue weighted by Crippen LogP contribution is -2.29. The van der Waals surface area contributed by atoms with E-state index >= 15 is 0 Å². The maximum atomic E-state index is 11.9. The zero-order valence-corrected chi connectivity index (χ0v) is 21.9. The number of carboxylic acid groups (broad SMARTS) is 1. The number of hydrogen-bond donors (Lipinski definition) is 2. The molecule has 0 spiro atoms. The van der Waals surface area contributed by atoms with E-state index in [1.165, 1.54) is 17.4 Å². The van der Waals surface area contributed by atoms with Crippen molar-refractivity contribution in [2.24, 2.45) is 0 Å². The number of aliphatic hydroxyl groups is 1. The molecule has 1 fully saturated rings. The molecule has 1 aliphatic rings. The van der Waals surface area contributed by atoms with E-state index in [-0.39, 0.29) is 11.7 Å². The summed E-state index contributed by atoms with van der Waals surface area (Å²) in [6.07, 6.45) is 2.95. The number of hydrogen-bond acceptors (Lipinski definition) is 8. The molecule has 0 aliphatic heterocycles. The number of nitrogens with zero attached hydrogens (tertiary/aromatic N) is 1. The summed E-state index contributed by atoms with van der Waals surface area (Å²) in [5.74, 6) is 0.682. The second-order valence-corrected chi connectivity index (χ2v) is 10.1. The highest BCUT2D eigenvalue weighted by atomic mass is 32.1. The highest BCUT2D eigenvalue weighted by Crippen LogP contribution is 2.37. The fourth-order valence-corrected chi connectivity index (χ4v) is 5.79. The van der Waals surface area contributed by atoms with Crippen molar-refractivity contribution in [3.05, 3.63) is 46.0 Å². The number of carboxylic acids is 1. The number of carbonyl (C=O) groups is 1. The van der Waals surface area contributed by atoms with E-state index in [2.05, 4.69) is 4.98 Å². The topological polar surface area (TPSA) is 107 Å². The van der Waals surface area contributed by atoms with Crippen LogP contribution in [0.2, 0.25) is 0 Å². The average Bonchev–Trinajstić information content (AvgIpc) is 3.52. The summed E-state index contributed by atoms with van der Waals surface area (Å²) >= 11 is 1.39. The van der Waals surface area contributed by atoms with E-state index in [4.69, 9.17) is 18.9 Å². The first-order chi connectivity index (χ1) is 17.3. The predicted molar refractivity (Wildman–Crippen MR) is 138 cm³/mol. The molecule has 1 aromatic heterocycles. The zero-order chi connectivity index (χ0) is 25.8. The van der Waals surface area contributed by atoms with Crippen molar-refractivity contribution in [3.63, 3.8) is 0 Å². The van der Waals surface area contributed by atoms with Gasteiger partial charge in [-0.1, -0.05) is 12.8 Å². The quantitative estimate of drug-likeness (QED) is 0.353. The molecule has 0 radical (unpaired) electrons. The Balaban J connectivity index is 1.70. The van der Waals surface area contributed by atoms with E-state index < -0.39 is 18.2 Å². The largest absolute Gasteiger partial charge is 0.496 e. The second-order valence-electron chi connectivity index (χ2n) is 8.94. The number of aromatic carboxylic acids is 1. The van der Waals surface area contributed by atoms with Gasteiger partial charge in [0.25, 0.3) is 0 Å². The molecule has 0 amide bonds. The lowest BCUT2D eigenvalue weighted by atomic mass is 9.99. The van der Waals surface area contributed by atoms with Crippen LogP contribution in [-0.2, 0) is 11.2 Å². The van der Waals surface area contributed by atoms with Crippen LogP contribution in [0.3, 0.4) is 0 Å². The molecule has 2 atom stereocenters. The molecule has 8 nitrogen and oxygen atoms in total. The van der Waals surface area contributed by atoms with Gasteiger partial charge >= 0.3 is 5.97 Å². The molecule has 2 unspecified atom stereocenters. The molecule has 0 bridgehead atoms. The Bertz CT molecular complexity index is 1190. The van der Waals surface area contributed by atoms with Crippen LogP contribution in [-0.4, -0.2) is 54.2 Å². The van der Waals surface area contributed by atoms with Gasteiger partial charge < -0.3 is 29.2 Å². The minimum absolute atomic E-state index is 0.0624. The van der Waals surface area contributed by atoms with Crippen LogP contribution in [0, 0.1) is 6.92 Å². The molecule has 36 heavy (non-hydrogen) atoms. The summed E-state index contributed by atoms with van der Waals surface area (Å²) in [5.41, 5.74) is 1.99. The van der Waals surface area contributed by atoms with Crippen molar-refractivity contribution in [1.29, 1.82) is 0 Å². The predicted octanol–water partition coefficient (Wildman–Crippen LogP) is 5.32. The molecule has 1 aliphatic carbocycles. The fourth-order valence-electron chi connectivity index (χ4n) is 4.72. The van der Waals surface area contributed by atoms with Gasteiger partial charge in [-0.05, 0) is 56.5 Å². The third-order valence-corrected chi connectivity index (χ3v) is 7.59. The molecular formula is C27H33NO7S.